The molecule has 1 aliphatic heterocycles. The van der Waals surface area contributed by atoms with Crippen LogP contribution >= 0.6 is 0 Å². The molecule has 6 atom stereocenters. The Bertz CT molecular complexity index is 927. The summed E-state index contributed by atoms with van der Waals surface area (Å²) in [4.78, 5) is 76.3. The smallest absolute Gasteiger partial charge is 0.248 e. The molecular weight excluding hydrogens is 526 g/mol. The molecule has 10 N–H and O–H groups in total. The lowest BCUT2D eigenvalue weighted by molar-refractivity contribution is -0.143. The highest BCUT2D eigenvalue weighted by Gasteiger charge is 2.39. The van der Waals surface area contributed by atoms with Gasteiger partial charge in [-0.15, -0.1) is 0 Å². The predicted molar refractivity (Wildman–Crippen MR) is 144 cm³/mol. The van der Waals surface area contributed by atoms with Gasteiger partial charge >= 0.3 is 0 Å². The van der Waals surface area contributed by atoms with Crippen molar-refractivity contribution in [1.29, 1.82) is 0 Å². The summed E-state index contributed by atoms with van der Waals surface area (Å²) in [5.41, 5.74) is 11.1. The van der Waals surface area contributed by atoms with Crippen LogP contribution in [-0.4, -0.2) is 107 Å². The molecule has 0 saturated carbocycles. The first kappa shape index (κ1) is 34.7. The topological polar surface area (TPSA) is 246 Å². The van der Waals surface area contributed by atoms with Crippen LogP contribution in [0.15, 0.2) is 0 Å². The molecule has 1 fully saturated rings. The Labute approximate surface area is 234 Å². The summed E-state index contributed by atoms with van der Waals surface area (Å²) in [5.74, 6) is -4.58. The minimum absolute atomic E-state index is 0.0664. The quantitative estimate of drug-likeness (QED) is 0.0967. The van der Waals surface area contributed by atoms with Gasteiger partial charge in [0.15, 0.2) is 0 Å². The fourth-order valence-electron chi connectivity index (χ4n) is 4.15. The van der Waals surface area contributed by atoms with Gasteiger partial charge in [-0.1, -0.05) is 27.7 Å². The third-order valence-corrected chi connectivity index (χ3v) is 6.53. The third kappa shape index (κ3) is 10.4. The van der Waals surface area contributed by atoms with Gasteiger partial charge in [-0.25, -0.2) is 0 Å². The second kappa shape index (κ2) is 16.1. The number of rotatable bonds is 15. The molecule has 1 aliphatic rings. The van der Waals surface area contributed by atoms with Crippen molar-refractivity contribution in [3.8, 4) is 0 Å². The molecule has 0 bridgehead atoms. The van der Waals surface area contributed by atoms with Gasteiger partial charge in [0, 0.05) is 6.54 Å². The maximum atomic E-state index is 13.1. The standard InChI is InChI=1S/C25H45N7O8/c1-12(2)9-15(23(38)31-20(14(5)34)25(40)32-8-6-7-17(32)21(27)36)29-18(35)10-28-22(37)16(11-33)30-24(39)19(26)13(3)4/h12-17,19-20,33-34H,6-11,26H2,1-5H3,(H2,27,36)(H,28,37)(H,29,35)(H,30,39)(H,31,38)/t14-,15+,16+,17+,19+,20+/m1/s1. The normalized spacial score (nSPS) is 18.9. The number of nitrogens with zero attached hydrogens (tertiary/aromatic N) is 1. The Balaban J connectivity index is 2.85. The van der Waals surface area contributed by atoms with Gasteiger partial charge in [0.2, 0.25) is 35.4 Å². The number of carbonyl (C=O) groups is 6. The lowest BCUT2D eigenvalue weighted by Gasteiger charge is -2.30. The summed E-state index contributed by atoms with van der Waals surface area (Å²) in [5, 5.41) is 29.3. The molecule has 0 aromatic carbocycles. The second-order valence-electron chi connectivity index (χ2n) is 10.8. The van der Waals surface area contributed by atoms with Crippen molar-refractivity contribution in [2.75, 3.05) is 19.7 Å². The summed E-state index contributed by atoms with van der Waals surface area (Å²) in [6.45, 7) is 7.31. The Morgan fingerprint density at radius 2 is 1.55 bits per heavy atom. The van der Waals surface area contributed by atoms with Crippen molar-refractivity contribution < 1.29 is 39.0 Å². The summed E-state index contributed by atoms with van der Waals surface area (Å²) < 4.78 is 0. The first-order valence-corrected chi connectivity index (χ1v) is 13.4. The predicted octanol–water partition coefficient (Wildman–Crippen LogP) is -3.56. The van der Waals surface area contributed by atoms with Crippen molar-refractivity contribution in [3.05, 3.63) is 0 Å². The van der Waals surface area contributed by atoms with E-state index in [0.29, 0.717) is 12.8 Å². The van der Waals surface area contributed by atoms with Crippen LogP contribution in [0.2, 0.25) is 0 Å². The molecule has 15 nitrogen and oxygen atoms in total. The molecule has 0 aromatic heterocycles. The van der Waals surface area contributed by atoms with E-state index in [0.717, 1.165) is 0 Å². The van der Waals surface area contributed by atoms with E-state index in [1.54, 1.807) is 13.8 Å². The van der Waals surface area contributed by atoms with Crippen molar-refractivity contribution in [1.82, 2.24) is 26.2 Å². The highest BCUT2D eigenvalue weighted by Crippen LogP contribution is 2.19. The Hall–Kier alpha value is -3.30. The Kier molecular flexibility index (Phi) is 14.0. The molecule has 0 radical (unpaired) electrons. The first-order chi connectivity index (χ1) is 18.6. The maximum Gasteiger partial charge on any atom is 0.248 e. The van der Waals surface area contributed by atoms with Gasteiger partial charge in [-0.05, 0) is 38.0 Å². The third-order valence-electron chi connectivity index (χ3n) is 6.53. The van der Waals surface area contributed by atoms with Crippen molar-refractivity contribution in [2.45, 2.75) is 90.2 Å². The zero-order valence-electron chi connectivity index (χ0n) is 23.8. The highest BCUT2D eigenvalue weighted by molar-refractivity contribution is 5.96. The number of aliphatic hydroxyl groups is 2. The molecule has 0 spiro atoms. The maximum absolute atomic E-state index is 13.1. The average molecular weight is 572 g/mol. The van der Waals surface area contributed by atoms with E-state index in [2.05, 4.69) is 21.3 Å². The summed E-state index contributed by atoms with van der Waals surface area (Å²) in [6, 6.07) is -5.59. The Morgan fingerprint density at radius 3 is 2.05 bits per heavy atom. The number of nitrogens with two attached hydrogens (primary N) is 2. The average Bonchev–Trinajstić information content (AvgIpc) is 3.37. The van der Waals surface area contributed by atoms with Crippen molar-refractivity contribution >= 4 is 35.4 Å². The fraction of sp³-hybridized carbons (Fsp3) is 0.760. The molecule has 40 heavy (non-hydrogen) atoms. The van der Waals surface area contributed by atoms with Gasteiger partial charge in [-0.3, -0.25) is 28.8 Å². The van der Waals surface area contributed by atoms with Crippen LogP contribution in [0.4, 0.5) is 0 Å². The number of hydrogen-bond donors (Lipinski definition) is 8. The summed E-state index contributed by atoms with van der Waals surface area (Å²) >= 11 is 0. The monoisotopic (exact) mass is 571 g/mol. The summed E-state index contributed by atoms with van der Waals surface area (Å²) in [7, 11) is 0. The number of nitrogens with one attached hydrogen (secondary N) is 4. The van der Waals surface area contributed by atoms with E-state index in [9.17, 15) is 39.0 Å². The molecule has 6 amide bonds. The van der Waals surface area contributed by atoms with Crippen LogP contribution in [0.3, 0.4) is 0 Å². The van der Waals surface area contributed by atoms with Gasteiger partial charge in [-0.2, -0.15) is 0 Å². The van der Waals surface area contributed by atoms with E-state index in [-0.39, 0.29) is 24.8 Å². The molecule has 1 saturated heterocycles. The molecule has 228 valence electrons. The molecule has 0 aliphatic carbocycles. The minimum Gasteiger partial charge on any atom is -0.394 e. The molecule has 1 rings (SSSR count). The van der Waals surface area contributed by atoms with Gasteiger partial charge < -0.3 is 47.8 Å². The Morgan fingerprint density at radius 1 is 0.925 bits per heavy atom. The van der Waals surface area contributed by atoms with Crippen molar-refractivity contribution in [2.24, 2.45) is 23.3 Å². The molecule has 0 unspecified atom stereocenters. The largest absolute Gasteiger partial charge is 0.394 e. The zero-order chi connectivity index (χ0) is 30.7. The van der Waals surface area contributed by atoms with Gasteiger partial charge in [0.05, 0.1) is 25.3 Å². The summed E-state index contributed by atoms with van der Waals surface area (Å²) in [6.07, 6.45) is -0.217. The van der Waals surface area contributed by atoms with Gasteiger partial charge in [0.25, 0.3) is 0 Å². The van der Waals surface area contributed by atoms with Crippen LogP contribution < -0.4 is 32.7 Å². The first-order valence-electron chi connectivity index (χ1n) is 13.4. The van der Waals surface area contributed by atoms with Crippen molar-refractivity contribution in [3.63, 3.8) is 0 Å². The lowest BCUT2D eigenvalue weighted by atomic mass is 10.0. The van der Waals surface area contributed by atoms with E-state index in [1.807, 2.05) is 13.8 Å². The van der Waals surface area contributed by atoms with Crippen LogP contribution in [0, 0.1) is 11.8 Å². The van der Waals surface area contributed by atoms with Crippen LogP contribution in [-0.2, 0) is 28.8 Å². The molecule has 0 aromatic rings. The molecule has 1 heterocycles. The zero-order valence-corrected chi connectivity index (χ0v) is 23.8. The lowest BCUT2D eigenvalue weighted by Crippen LogP contribution is -2.60. The number of primary amides is 1. The number of amides is 6. The number of hydrogen-bond acceptors (Lipinski definition) is 9. The minimum atomic E-state index is -1.38. The van der Waals surface area contributed by atoms with E-state index < -0.39 is 84.9 Å². The highest BCUT2D eigenvalue weighted by atomic mass is 16.3. The number of carbonyl (C=O) groups excluding carboxylic acids is 6. The number of aliphatic hydroxyl groups excluding tert-OH is 2. The van der Waals surface area contributed by atoms with E-state index in [1.165, 1.54) is 11.8 Å². The van der Waals surface area contributed by atoms with E-state index in [4.69, 9.17) is 11.5 Å². The molecular formula is C25H45N7O8. The molecule has 15 heteroatoms. The number of likely N-dealkylation sites (tertiary alicyclic amines) is 1. The SMILES string of the molecule is CC(C)C[C@H](NC(=O)CNC(=O)[C@H](CO)NC(=O)[C@@H](N)C(C)C)C(=O)N[C@H](C(=O)N1CCC[C@H]1C(N)=O)[C@@H](C)O. The second-order valence-corrected chi connectivity index (χ2v) is 10.8. The van der Waals surface area contributed by atoms with Crippen LogP contribution in [0.5, 0.6) is 0 Å². The van der Waals surface area contributed by atoms with Crippen LogP contribution in [0.25, 0.3) is 0 Å². The van der Waals surface area contributed by atoms with E-state index >= 15 is 0 Å². The fourth-order valence-corrected chi connectivity index (χ4v) is 4.15. The van der Waals surface area contributed by atoms with Gasteiger partial charge in [0.1, 0.15) is 24.2 Å². The van der Waals surface area contributed by atoms with Crippen LogP contribution in [0.1, 0.15) is 53.9 Å².